The second kappa shape index (κ2) is 9.37. The Labute approximate surface area is 164 Å². The van der Waals surface area contributed by atoms with Crippen LogP contribution in [0, 0.1) is 0 Å². The molecular weight excluding hydrogens is 352 g/mol. The molecule has 0 aromatic heterocycles. The molecule has 0 spiro atoms. The largest absolute Gasteiger partial charge is 0.497 e. The number of hydrogen-bond donors (Lipinski definition) is 2. The van der Waals surface area contributed by atoms with Crippen molar-refractivity contribution in [1.82, 2.24) is 5.32 Å². The minimum Gasteiger partial charge on any atom is -0.497 e. The predicted octanol–water partition coefficient (Wildman–Crippen LogP) is 4.20. The summed E-state index contributed by atoms with van der Waals surface area (Å²) in [7, 11) is 1.59. The highest BCUT2D eigenvalue weighted by Crippen LogP contribution is 2.20. The van der Waals surface area contributed by atoms with Gasteiger partial charge in [-0.1, -0.05) is 48.5 Å². The summed E-state index contributed by atoms with van der Waals surface area (Å²) in [6, 6.07) is 25.1. The average Bonchev–Trinajstić information content (AvgIpc) is 2.75. The van der Waals surface area contributed by atoms with E-state index in [1.165, 1.54) is 0 Å². The smallest absolute Gasteiger partial charge is 0.251 e. The van der Waals surface area contributed by atoms with Crippen LogP contribution in [-0.4, -0.2) is 18.9 Å². The highest BCUT2D eigenvalue weighted by molar-refractivity contribution is 5.95. The number of benzene rings is 3. The average molecular weight is 374 g/mol. The Bertz CT molecular complexity index is 910. The lowest BCUT2D eigenvalue weighted by Crippen LogP contribution is -2.31. The molecule has 0 saturated heterocycles. The van der Waals surface area contributed by atoms with E-state index in [1.54, 1.807) is 43.5 Å². The maximum Gasteiger partial charge on any atom is 0.251 e. The van der Waals surface area contributed by atoms with Crippen LogP contribution < -0.4 is 15.4 Å². The van der Waals surface area contributed by atoms with Crippen LogP contribution in [0.4, 0.5) is 5.69 Å². The van der Waals surface area contributed by atoms with E-state index >= 15 is 0 Å². The molecule has 0 aliphatic rings. The molecule has 0 aliphatic carbocycles. The molecule has 5 nitrogen and oxygen atoms in total. The van der Waals surface area contributed by atoms with E-state index < -0.39 is 6.04 Å². The van der Waals surface area contributed by atoms with Crippen LogP contribution in [0.15, 0.2) is 84.9 Å². The SMILES string of the molecule is COc1ccc(NC(=O)C[C@H](NC(=O)c2ccccc2)c2ccccc2)cc1. The molecular formula is C23H22N2O3. The molecule has 1 atom stereocenters. The second-order valence-corrected chi connectivity index (χ2v) is 6.28. The summed E-state index contributed by atoms with van der Waals surface area (Å²) in [5.41, 5.74) is 2.10. The second-order valence-electron chi connectivity index (χ2n) is 6.28. The normalized spacial score (nSPS) is 11.3. The fourth-order valence-electron chi connectivity index (χ4n) is 2.84. The summed E-state index contributed by atoms with van der Waals surface area (Å²) in [5.74, 6) is 0.314. The summed E-state index contributed by atoms with van der Waals surface area (Å²) in [4.78, 5) is 25.2. The first-order valence-electron chi connectivity index (χ1n) is 9.00. The highest BCUT2D eigenvalue weighted by Gasteiger charge is 2.19. The van der Waals surface area contributed by atoms with Gasteiger partial charge in [0, 0.05) is 11.3 Å². The van der Waals surface area contributed by atoms with Crippen molar-refractivity contribution in [3.8, 4) is 5.75 Å². The molecule has 0 aliphatic heterocycles. The number of methoxy groups -OCH3 is 1. The minimum absolute atomic E-state index is 0.120. The van der Waals surface area contributed by atoms with Crippen molar-refractivity contribution in [2.24, 2.45) is 0 Å². The fraction of sp³-hybridized carbons (Fsp3) is 0.130. The summed E-state index contributed by atoms with van der Waals surface area (Å²) >= 11 is 0. The molecule has 3 aromatic rings. The summed E-state index contributed by atoms with van der Waals surface area (Å²) in [6.45, 7) is 0. The van der Waals surface area contributed by atoms with Crippen LogP contribution >= 0.6 is 0 Å². The molecule has 0 unspecified atom stereocenters. The maximum atomic E-state index is 12.6. The summed E-state index contributed by atoms with van der Waals surface area (Å²) in [6.07, 6.45) is 0.120. The van der Waals surface area contributed by atoms with Gasteiger partial charge in [0.15, 0.2) is 0 Å². The standard InChI is InChI=1S/C23H22N2O3/c1-28-20-14-12-19(13-15-20)24-22(26)16-21(17-8-4-2-5-9-17)25-23(27)18-10-6-3-7-11-18/h2-15,21H,16H2,1H3,(H,24,26)(H,25,27)/t21-/m0/s1. The van der Waals surface area contributed by atoms with E-state index in [4.69, 9.17) is 4.74 Å². The van der Waals surface area contributed by atoms with Crippen LogP contribution in [0.3, 0.4) is 0 Å². The number of hydrogen-bond acceptors (Lipinski definition) is 3. The summed E-state index contributed by atoms with van der Waals surface area (Å²) in [5, 5.41) is 5.83. The monoisotopic (exact) mass is 374 g/mol. The first kappa shape index (κ1) is 19.2. The molecule has 2 amide bonds. The molecule has 28 heavy (non-hydrogen) atoms. The lowest BCUT2D eigenvalue weighted by Gasteiger charge is -2.19. The maximum absolute atomic E-state index is 12.6. The number of carbonyl (C=O) groups is 2. The Morgan fingerprint density at radius 2 is 1.46 bits per heavy atom. The molecule has 0 radical (unpaired) electrons. The molecule has 2 N–H and O–H groups in total. The Kier molecular flexibility index (Phi) is 6.41. The van der Waals surface area contributed by atoms with Crippen LogP contribution in [0.5, 0.6) is 5.75 Å². The third-order valence-electron chi connectivity index (χ3n) is 4.31. The van der Waals surface area contributed by atoms with Gasteiger partial charge in [0.05, 0.1) is 19.6 Å². The Morgan fingerprint density at radius 3 is 2.07 bits per heavy atom. The Morgan fingerprint density at radius 1 is 0.857 bits per heavy atom. The van der Waals surface area contributed by atoms with Crippen molar-refractivity contribution in [2.75, 3.05) is 12.4 Å². The highest BCUT2D eigenvalue weighted by atomic mass is 16.5. The van der Waals surface area contributed by atoms with Crippen molar-refractivity contribution in [1.29, 1.82) is 0 Å². The molecule has 5 heteroatoms. The molecule has 142 valence electrons. The first-order chi connectivity index (χ1) is 13.7. The molecule has 0 bridgehead atoms. The van der Waals surface area contributed by atoms with Gasteiger partial charge in [-0.3, -0.25) is 9.59 Å². The van der Waals surface area contributed by atoms with Gasteiger partial charge in [-0.05, 0) is 42.0 Å². The summed E-state index contributed by atoms with van der Waals surface area (Å²) < 4.78 is 5.12. The number of amides is 2. The number of carbonyl (C=O) groups excluding carboxylic acids is 2. The Balaban J connectivity index is 1.71. The molecule has 0 heterocycles. The van der Waals surface area contributed by atoms with Gasteiger partial charge in [-0.15, -0.1) is 0 Å². The van der Waals surface area contributed by atoms with Crippen LogP contribution in [0.2, 0.25) is 0 Å². The topological polar surface area (TPSA) is 67.4 Å². The number of anilines is 1. The van der Waals surface area contributed by atoms with Crippen LogP contribution in [0.25, 0.3) is 0 Å². The van der Waals surface area contributed by atoms with Gasteiger partial charge >= 0.3 is 0 Å². The number of rotatable bonds is 7. The number of nitrogens with one attached hydrogen (secondary N) is 2. The van der Waals surface area contributed by atoms with Gasteiger partial charge < -0.3 is 15.4 Å². The van der Waals surface area contributed by atoms with Crippen molar-refractivity contribution in [3.05, 3.63) is 96.1 Å². The lowest BCUT2D eigenvalue weighted by molar-refractivity contribution is -0.116. The zero-order valence-electron chi connectivity index (χ0n) is 15.6. The van der Waals surface area contributed by atoms with E-state index in [9.17, 15) is 9.59 Å². The van der Waals surface area contributed by atoms with Gasteiger partial charge in [-0.25, -0.2) is 0 Å². The van der Waals surface area contributed by atoms with Crippen LogP contribution in [-0.2, 0) is 4.79 Å². The Hall–Kier alpha value is -3.60. The minimum atomic E-state index is -0.438. The first-order valence-corrected chi connectivity index (χ1v) is 9.00. The quantitative estimate of drug-likeness (QED) is 0.651. The zero-order valence-corrected chi connectivity index (χ0v) is 15.6. The molecule has 3 aromatic carbocycles. The third kappa shape index (κ3) is 5.20. The molecule has 3 rings (SSSR count). The van der Waals surface area contributed by atoms with Crippen molar-refractivity contribution in [2.45, 2.75) is 12.5 Å². The van der Waals surface area contributed by atoms with Gasteiger partial charge in [-0.2, -0.15) is 0 Å². The van der Waals surface area contributed by atoms with Crippen LogP contribution in [0.1, 0.15) is 28.4 Å². The van der Waals surface area contributed by atoms with E-state index in [2.05, 4.69) is 10.6 Å². The number of ether oxygens (including phenoxy) is 1. The lowest BCUT2D eigenvalue weighted by atomic mass is 10.0. The predicted molar refractivity (Wildman–Crippen MR) is 109 cm³/mol. The van der Waals surface area contributed by atoms with Gasteiger partial charge in [0.25, 0.3) is 5.91 Å². The third-order valence-corrected chi connectivity index (χ3v) is 4.31. The fourth-order valence-corrected chi connectivity index (χ4v) is 2.84. The molecule has 0 fully saturated rings. The van der Waals surface area contributed by atoms with E-state index in [-0.39, 0.29) is 18.2 Å². The van der Waals surface area contributed by atoms with Crippen molar-refractivity contribution in [3.63, 3.8) is 0 Å². The van der Waals surface area contributed by atoms with E-state index in [0.29, 0.717) is 11.3 Å². The zero-order chi connectivity index (χ0) is 19.8. The van der Waals surface area contributed by atoms with E-state index in [1.807, 2.05) is 48.5 Å². The van der Waals surface area contributed by atoms with E-state index in [0.717, 1.165) is 11.3 Å². The molecule has 0 saturated carbocycles. The van der Waals surface area contributed by atoms with Crippen molar-refractivity contribution >= 4 is 17.5 Å². The van der Waals surface area contributed by atoms with Crippen molar-refractivity contribution < 1.29 is 14.3 Å². The van der Waals surface area contributed by atoms with Gasteiger partial charge in [0.2, 0.25) is 5.91 Å². The van der Waals surface area contributed by atoms with Gasteiger partial charge in [0.1, 0.15) is 5.75 Å².